The first kappa shape index (κ1) is 25.8. The molecule has 0 aliphatic carbocycles. The quantitative estimate of drug-likeness (QED) is 0.330. The lowest BCUT2D eigenvalue weighted by Gasteiger charge is -2.37. The van der Waals surface area contributed by atoms with E-state index in [0.717, 1.165) is 32.0 Å². The number of halogens is 2. The van der Waals surface area contributed by atoms with Crippen LogP contribution in [0.15, 0.2) is 23.3 Å². The summed E-state index contributed by atoms with van der Waals surface area (Å²) in [4.78, 5) is 13.2. The molecule has 1 N–H and O–H groups in total. The van der Waals surface area contributed by atoms with Crippen molar-refractivity contribution in [2.75, 3.05) is 70.6 Å². The molecule has 0 bridgehead atoms. The van der Waals surface area contributed by atoms with Gasteiger partial charge in [0.1, 0.15) is 6.10 Å². The van der Waals surface area contributed by atoms with Crippen LogP contribution >= 0.6 is 17.0 Å². The highest BCUT2D eigenvalue weighted by Gasteiger charge is 2.23. The number of hydrogen-bond donors (Lipinski definition) is 1. The fourth-order valence-electron chi connectivity index (χ4n) is 3.43. The van der Waals surface area contributed by atoms with Crippen molar-refractivity contribution in [3.05, 3.63) is 24.1 Å². The van der Waals surface area contributed by atoms with Gasteiger partial charge >= 0.3 is 0 Å². The summed E-state index contributed by atoms with van der Waals surface area (Å²) in [6.45, 7) is 10.8. The van der Waals surface area contributed by atoms with E-state index in [0.29, 0.717) is 51.9 Å². The molecule has 0 aromatic carbocycles. The lowest BCUT2D eigenvalue weighted by atomic mass is 10.3. The van der Waals surface area contributed by atoms with Crippen molar-refractivity contribution in [3.63, 3.8) is 0 Å². The van der Waals surface area contributed by atoms with Crippen molar-refractivity contribution in [1.29, 1.82) is 0 Å². The zero-order valence-corrected chi connectivity index (χ0v) is 20.2. The van der Waals surface area contributed by atoms with Crippen molar-refractivity contribution in [2.45, 2.75) is 32.5 Å². The molecule has 3 rings (SSSR count). The van der Waals surface area contributed by atoms with E-state index in [4.69, 9.17) is 19.2 Å². The first-order valence-corrected chi connectivity index (χ1v) is 10.8. The number of piperazine rings is 1. The summed E-state index contributed by atoms with van der Waals surface area (Å²) < 4.78 is 30.9. The molecule has 176 valence electrons. The molecule has 8 nitrogen and oxygen atoms in total. The number of guanidine groups is 1. The minimum Gasteiger partial charge on any atom is -0.379 e. The van der Waals surface area contributed by atoms with Gasteiger partial charge in [0.2, 0.25) is 0 Å². The Labute approximate surface area is 194 Å². The van der Waals surface area contributed by atoms with E-state index in [-0.39, 0.29) is 35.0 Å². The zero-order chi connectivity index (χ0) is 21.2. The number of rotatable bonds is 8. The third-order valence-electron chi connectivity index (χ3n) is 5.00. The molecule has 10 heteroatoms. The Kier molecular flexibility index (Phi) is 11.5. The second-order valence-corrected chi connectivity index (χ2v) is 7.71. The number of aromatic nitrogens is 1. The summed E-state index contributed by atoms with van der Waals surface area (Å²) in [6.07, 6.45) is 2.76. The summed E-state index contributed by atoms with van der Waals surface area (Å²) in [5.74, 6) is 0.995. The molecule has 0 amide bonds. The van der Waals surface area contributed by atoms with Gasteiger partial charge in [0, 0.05) is 45.5 Å². The van der Waals surface area contributed by atoms with Crippen molar-refractivity contribution < 1.29 is 18.6 Å². The highest BCUT2D eigenvalue weighted by Crippen LogP contribution is 2.17. The van der Waals surface area contributed by atoms with Crippen LogP contribution in [0.1, 0.15) is 20.3 Å². The Hall–Kier alpha value is -1.49. The fraction of sp³-hybridized carbons (Fsp3) is 0.714. The van der Waals surface area contributed by atoms with Crippen LogP contribution in [-0.2, 0) is 14.2 Å². The third kappa shape index (κ3) is 8.51. The number of ether oxygens (including phenoxy) is 3. The molecule has 0 unspecified atom stereocenters. The van der Waals surface area contributed by atoms with E-state index < -0.39 is 0 Å². The van der Waals surface area contributed by atoms with Crippen LogP contribution in [0, 0.1) is 5.82 Å². The Morgan fingerprint density at radius 1 is 1.32 bits per heavy atom. The van der Waals surface area contributed by atoms with Gasteiger partial charge in [-0.15, -0.1) is 17.0 Å². The maximum absolute atomic E-state index is 14.1. The predicted octanol–water partition coefficient (Wildman–Crippen LogP) is 2.10. The molecule has 0 saturated carbocycles. The molecular weight excluding hydrogens is 469 g/mol. The number of aliphatic imine (C=N–C) groups is 1. The van der Waals surface area contributed by atoms with Crippen molar-refractivity contribution in [2.24, 2.45) is 4.99 Å². The predicted molar refractivity (Wildman–Crippen MR) is 125 cm³/mol. The minimum absolute atomic E-state index is 0. The van der Waals surface area contributed by atoms with Crippen LogP contribution in [-0.4, -0.2) is 93.7 Å². The number of nitrogens with one attached hydrogen (secondary N) is 1. The van der Waals surface area contributed by atoms with Crippen molar-refractivity contribution >= 4 is 28.8 Å². The van der Waals surface area contributed by atoms with Gasteiger partial charge in [-0.2, -0.15) is 0 Å². The molecule has 2 aliphatic rings. The van der Waals surface area contributed by atoms with Crippen LogP contribution in [0.2, 0.25) is 0 Å². The Bertz CT molecular complexity index is 668. The lowest BCUT2D eigenvalue weighted by Crippen LogP contribution is -2.53. The second-order valence-electron chi connectivity index (χ2n) is 7.71. The molecule has 2 fully saturated rings. The zero-order valence-electron chi connectivity index (χ0n) is 18.5. The van der Waals surface area contributed by atoms with Gasteiger partial charge in [-0.05, 0) is 32.4 Å². The molecule has 1 atom stereocenters. The van der Waals surface area contributed by atoms with Crippen LogP contribution in [0.4, 0.5) is 10.2 Å². The topological polar surface area (TPSA) is 71.5 Å². The van der Waals surface area contributed by atoms with E-state index in [1.54, 1.807) is 12.3 Å². The monoisotopic (exact) mass is 503 g/mol. The molecule has 0 spiro atoms. The molecule has 1 aromatic rings. The Morgan fingerprint density at radius 2 is 2.13 bits per heavy atom. The van der Waals surface area contributed by atoms with E-state index >= 15 is 0 Å². The third-order valence-corrected chi connectivity index (χ3v) is 5.00. The number of nitrogens with zero attached hydrogens (tertiary/aromatic N) is 4. The maximum atomic E-state index is 14.1. The SMILES string of the molecule is Br.CC(C)OCCCNC(=NC[C@@H]1COCCO1)N1CCN(c2ncccc2F)CC1. The van der Waals surface area contributed by atoms with Gasteiger partial charge in [0.25, 0.3) is 0 Å². The lowest BCUT2D eigenvalue weighted by molar-refractivity contribution is -0.0833. The normalized spacial score (nSPS) is 20.0. The smallest absolute Gasteiger partial charge is 0.194 e. The summed E-state index contributed by atoms with van der Waals surface area (Å²) >= 11 is 0. The molecule has 0 radical (unpaired) electrons. The second kappa shape index (κ2) is 13.8. The summed E-state index contributed by atoms with van der Waals surface area (Å²) in [7, 11) is 0. The standard InChI is InChI=1S/C21H34FN5O3.BrH/c1-17(2)29-12-4-7-24-21(25-15-18-16-28-13-14-30-18)27-10-8-26(9-11-27)20-19(22)5-3-6-23-20;/h3,5-6,17-18H,4,7-16H2,1-2H3,(H,24,25);1H/t18-;/m1./s1. The summed E-state index contributed by atoms with van der Waals surface area (Å²) in [5, 5.41) is 3.46. The first-order chi connectivity index (χ1) is 14.6. The van der Waals surface area contributed by atoms with Crippen LogP contribution in [0.25, 0.3) is 0 Å². The molecular formula is C21H35BrFN5O3. The fourth-order valence-corrected chi connectivity index (χ4v) is 3.43. The highest BCUT2D eigenvalue weighted by molar-refractivity contribution is 8.93. The van der Waals surface area contributed by atoms with Crippen molar-refractivity contribution in [3.8, 4) is 0 Å². The Balaban J connectivity index is 0.00000341. The Morgan fingerprint density at radius 3 is 2.81 bits per heavy atom. The molecule has 2 aliphatic heterocycles. The van der Waals surface area contributed by atoms with E-state index in [1.165, 1.54) is 6.07 Å². The highest BCUT2D eigenvalue weighted by atomic mass is 79.9. The molecule has 3 heterocycles. The number of hydrogen-bond acceptors (Lipinski definition) is 6. The maximum Gasteiger partial charge on any atom is 0.194 e. The van der Waals surface area contributed by atoms with Gasteiger partial charge in [-0.25, -0.2) is 9.37 Å². The number of anilines is 1. The molecule has 2 saturated heterocycles. The van der Waals surface area contributed by atoms with Crippen LogP contribution < -0.4 is 10.2 Å². The summed E-state index contributed by atoms with van der Waals surface area (Å²) in [6, 6.07) is 3.07. The van der Waals surface area contributed by atoms with Crippen LogP contribution in [0.3, 0.4) is 0 Å². The van der Waals surface area contributed by atoms with Gasteiger partial charge < -0.3 is 29.3 Å². The van der Waals surface area contributed by atoms with Gasteiger partial charge in [-0.1, -0.05) is 0 Å². The number of pyridine rings is 1. The average molecular weight is 504 g/mol. The minimum atomic E-state index is -0.280. The van der Waals surface area contributed by atoms with Gasteiger partial charge in [0.15, 0.2) is 17.6 Å². The molecule has 1 aromatic heterocycles. The van der Waals surface area contributed by atoms with E-state index in [2.05, 4.69) is 15.2 Å². The molecule has 31 heavy (non-hydrogen) atoms. The largest absolute Gasteiger partial charge is 0.379 e. The summed E-state index contributed by atoms with van der Waals surface area (Å²) in [5.41, 5.74) is 0. The average Bonchev–Trinajstić information content (AvgIpc) is 2.77. The van der Waals surface area contributed by atoms with Gasteiger partial charge in [0.05, 0.1) is 32.5 Å². The van der Waals surface area contributed by atoms with Crippen molar-refractivity contribution in [1.82, 2.24) is 15.2 Å². The van der Waals surface area contributed by atoms with E-state index in [1.807, 2.05) is 18.7 Å². The van der Waals surface area contributed by atoms with Crippen LogP contribution in [0.5, 0.6) is 0 Å². The van der Waals surface area contributed by atoms with E-state index in [9.17, 15) is 4.39 Å². The first-order valence-electron chi connectivity index (χ1n) is 10.8. The van der Waals surface area contributed by atoms with Gasteiger partial charge in [-0.3, -0.25) is 4.99 Å².